The number of hydrogen-bond donors (Lipinski definition) is 0. The molecule has 0 N–H and O–H groups in total. The minimum atomic E-state index is 0.0454. The summed E-state index contributed by atoms with van der Waals surface area (Å²) >= 11 is 0. The third-order valence-corrected chi connectivity index (χ3v) is 4.12. The van der Waals surface area contributed by atoms with Crippen molar-refractivity contribution < 1.29 is 14.3 Å². The van der Waals surface area contributed by atoms with Crippen molar-refractivity contribution in [1.29, 1.82) is 0 Å². The van der Waals surface area contributed by atoms with Crippen molar-refractivity contribution in [1.82, 2.24) is 4.90 Å². The van der Waals surface area contributed by atoms with Gasteiger partial charge >= 0.3 is 0 Å². The number of ether oxygens (including phenoxy) is 2. The Kier molecular flexibility index (Phi) is 4.93. The maximum atomic E-state index is 11.6. The molecule has 120 valence electrons. The van der Waals surface area contributed by atoms with Crippen LogP contribution in [-0.4, -0.2) is 37.1 Å². The van der Waals surface area contributed by atoms with E-state index in [0.29, 0.717) is 13.2 Å². The van der Waals surface area contributed by atoms with Crippen molar-refractivity contribution in [3.63, 3.8) is 0 Å². The minimum absolute atomic E-state index is 0.0454. The maximum absolute atomic E-state index is 11.6. The number of rotatable bonds is 5. The highest BCUT2D eigenvalue weighted by Crippen LogP contribution is 2.17. The Bertz CT molecular complexity index is 639. The third-order valence-electron chi connectivity index (χ3n) is 4.12. The molecule has 1 aliphatic rings. The second-order valence-electron chi connectivity index (χ2n) is 5.80. The smallest absolute Gasteiger partial charge is 0.248 e. The molecule has 1 saturated heterocycles. The first kappa shape index (κ1) is 15.6. The summed E-state index contributed by atoms with van der Waals surface area (Å²) in [6.07, 6.45) is 0.793. The molecule has 1 amide bonds. The standard InChI is InChI=1S/C19H21NO3/c1-20-17(13-22-14-19(20)21)11-15-7-9-18(10-8-15)23-12-16-5-3-2-4-6-16/h2-10,17H,11-14H2,1H3. The number of nitrogens with zero attached hydrogens (tertiary/aromatic N) is 1. The number of carbonyl (C=O) groups excluding carboxylic acids is 1. The SMILES string of the molecule is CN1C(=O)COCC1Cc1ccc(OCc2ccccc2)cc1. The van der Waals surface area contributed by atoms with Gasteiger partial charge in [-0.05, 0) is 29.7 Å². The number of hydrogen-bond acceptors (Lipinski definition) is 3. The van der Waals surface area contributed by atoms with E-state index in [1.165, 1.54) is 5.56 Å². The predicted molar refractivity (Wildman–Crippen MR) is 88.3 cm³/mol. The second kappa shape index (κ2) is 7.29. The predicted octanol–water partition coefficient (Wildman–Crippen LogP) is 2.67. The number of likely N-dealkylation sites (N-methyl/N-ethyl adjacent to an activating group) is 1. The van der Waals surface area contributed by atoms with Crippen LogP contribution in [0.15, 0.2) is 54.6 Å². The summed E-state index contributed by atoms with van der Waals surface area (Å²) in [6.45, 7) is 1.35. The Balaban J connectivity index is 1.55. The fraction of sp³-hybridized carbons (Fsp3) is 0.316. The first-order valence-corrected chi connectivity index (χ1v) is 7.81. The van der Waals surface area contributed by atoms with Gasteiger partial charge in [-0.25, -0.2) is 0 Å². The molecule has 0 saturated carbocycles. The zero-order chi connectivity index (χ0) is 16.1. The van der Waals surface area contributed by atoms with Crippen LogP contribution in [0.1, 0.15) is 11.1 Å². The Hall–Kier alpha value is -2.33. The topological polar surface area (TPSA) is 38.8 Å². The summed E-state index contributed by atoms with van der Waals surface area (Å²) in [7, 11) is 1.84. The normalized spacial score (nSPS) is 18.0. The summed E-state index contributed by atoms with van der Waals surface area (Å²) in [5.74, 6) is 0.894. The molecule has 2 aromatic carbocycles. The lowest BCUT2D eigenvalue weighted by atomic mass is 10.0. The molecule has 1 fully saturated rings. The van der Waals surface area contributed by atoms with Gasteiger partial charge in [-0.1, -0.05) is 42.5 Å². The van der Waals surface area contributed by atoms with Crippen LogP contribution in [0.25, 0.3) is 0 Å². The molecule has 1 atom stereocenters. The van der Waals surface area contributed by atoms with Gasteiger partial charge in [-0.2, -0.15) is 0 Å². The van der Waals surface area contributed by atoms with Crippen LogP contribution >= 0.6 is 0 Å². The molecule has 1 heterocycles. The van der Waals surface area contributed by atoms with Gasteiger partial charge in [0.15, 0.2) is 0 Å². The Morgan fingerprint density at radius 2 is 1.83 bits per heavy atom. The Morgan fingerprint density at radius 1 is 1.09 bits per heavy atom. The molecule has 1 unspecified atom stereocenters. The molecule has 4 heteroatoms. The van der Waals surface area contributed by atoms with Crippen molar-refractivity contribution in [3.8, 4) is 5.75 Å². The summed E-state index contributed by atoms with van der Waals surface area (Å²) < 4.78 is 11.1. The number of amides is 1. The average Bonchev–Trinajstić information content (AvgIpc) is 2.59. The van der Waals surface area contributed by atoms with Crippen LogP contribution in [0, 0.1) is 0 Å². The van der Waals surface area contributed by atoms with Crippen LogP contribution < -0.4 is 4.74 Å². The van der Waals surface area contributed by atoms with E-state index in [9.17, 15) is 4.79 Å². The third kappa shape index (κ3) is 4.11. The highest BCUT2D eigenvalue weighted by molar-refractivity contribution is 5.78. The lowest BCUT2D eigenvalue weighted by Crippen LogP contribution is -2.47. The van der Waals surface area contributed by atoms with E-state index in [1.54, 1.807) is 4.90 Å². The van der Waals surface area contributed by atoms with Gasteiger partial charge in [0.05, 0.1) is 12.6 Å². The quantitative estimate of drug-likeness (QED) is 0.852. The van der Waals surface area contributed by atoms with E-state index in [4.69, 9.17) is 9.47 Å². The first-order chi connectivity index (χ1) is 11.2. The molecular weight excluding hydrogens is 290 g/mol. The molecule has 0 aliphatic carbocycles. The van der Waals surface area contributed by atoms with Gasteiger partial charge in [-0.3, -0.25) is 4.79 Å². The molecule has 4 nitrogen and oxygen atoms in total. The lowest BCUT2D eigenvalue weighted by molar-refractivity contribution is -0.145. The zero-order valence-electron chi connectivity index (χ0n) is 13.3. The van der Waals surface area contributed by atoms with E-state index in [0.717, 1.165) is 17.7 Å². The molecule has 0 bridgehead atoms. The van der Waals surface area contributed by atoms with Gasteiger partial charge in [-0.15, -0.1) is 0 Å². The first-order valence-electron chi connectivity index (χ1n) is 7.81. The van der Waals surface area contributed by atoms with Crippen LogP contribution in [0.5, 0.6) is 5.75 Å². The van der Waals surface area contributed by atoms with Gasteiger partial charge < -0.3 is 14.4 Å². The van der Waals surface area contributed by atoms with Gasteiger partial charge in [0.1, 0.15) is 19.0 Å². The monoisotopic (exact) mass is 311 g/mol. The van der Waals surface area contributed by atoms with Crippen molar-refractivity contribution >= 4 is 5.91 Å². The van der Waals surface area contributed by atoms with E-state index in [1.807, 2.05) is 61.6 Å². The molecule has 0 radical (unpaired) electrons. The van der Waals surface area contributed by atoms with Crippen molar-refractivity contribution in [3.05, 3.63) is 65.7 Å². The number of carbonyl (C=O) groups is 1. The minimum Gasteiger partial charge on any atom is -0.489 e. The second-order valence-corrected chi connectivity index (χ2v) is 5.80. The highest BCUT2D eigenvalue weighted by Gasteiger charge is 2.25. The van der Waals surface area contributed by atoms with Crippen LogP contribution in [-0.2, 0) is 22.6 Å². The molecule has 0 spiro atoms. The van der Waals surface area contributed by atoms with Gasteiger partial charge in [0.2, 0.25) is 5.91 Å². The van der Waals surface area contributed by atoms with Crippen LogP contribution in [0.2, 0.25) is 0 Å². The maximum Gasteiger partial charge on any atom is 0.248 e. The summed E-state index contributed by atoms with van der Waals surface area (Å²) in [4.78, 5) is 13.4. The van der Waals surface area contributed by atoms with Crippen LogP contribution in [0.3, 0.4) is 0 Å². The summed E-state index contributed by atoms with van der Waals surface area (Å²) in [6, 6.07) is 18.3. The van der Waals surface area contributed by atoms with Crippen LogP contribution in [0.4, 0.5) is 0 Å². The molecule has 23 heavy (non-hydrogen) atoms. The van der Waals surface area contributed by atoms with E-state index >= 15 is 0 Å². The summed E-state index contributed by atoms with van der Waals surface area (Å²) in [5.41, 5.74) is 2.32. The average molecular weight is 311 g/mol. The van der Waals surface area contributed by atoms with E-state index in [2.05, 4.69) is 0 Å². The fourth-order valence-electron chi connectivity index (χ4n) is 2.63. The molecular formula is C19H21NO3. The fourth-order valence-corrected chi connectivity index (χ4v) is 2.63. The van der Waals surface area contributed by atoms with E-state index < -0.39 is 0 Å². The number of benzene rings is 2. The van der Waals surface area contributed by atoms with Gasteiger partial charge in [0, 0.05) is 7.05 Å². The van der Waals surface area contributed by atoms with E-state index in [-0.39, 0.29) is 18.6 Å². The van der Waals surface area contributed by atoms with Gasteiger partial charge in [0.25, 0.3) is 0 Å². The molecule has 1 aliphatic heterocycles. The summed E-state index contributed by atoms with van der Waals surface area (Å²) in [5, 5.41) is 0. The van der Waals surface area contributed by atoms with Crippen molar-refractivity contribution in [2.45, 2.75) is 19.1 Å². The number of morpholine rings is 1. The van der Waals surface area contributed by atoms with Crippen molar-refractivity contribution in [2.24, 2.45) is 0 Å². The lowest BCUT2D eigenvalue weighted by Gasteiger charge is -2.32. The molecule has 2 aromatic rings. The highest BCUT2D eigenvalue weighted by atomic mass is 16.5. The molecule has 3 rings (SSSR count). The zero-order valence-corrected chi connectivity index (χ0v) is 13.3. The molecule has 0 aromatic heterocycles. The Labute approximate surface area is 136 Å². The Morgan fingerprint density at radius 3 is 2.57 bits per heavy atom. The van der Waals surface area contributed by atoms with Crippen molar-refractivity contribution in [2.75, 3.05) is 20.3 Å². The largest absolute Gasteiger partial charge is 0.489 e.